The van der Waals surface area contributed by atoms with Gasteiger partial charge in [-0.25, -0.2) is 8.78 Å². The van der Waals surface area contributed by atoms with Crippen LogP contribution in [0.15, 0.2) is 40.9 Å². The molecule has 0 spiro atoms. The van der Waals surface area contributed by atoms with E-state index in [1.165, 1.54) is 18.2 Å². The van der Waals surface area contributed by atoms with Crippen LogP contribution in [0, 0.1) is 15.2 Å². The summed E-state index contributed by atoms with van der Waals surface area (Å²) >= 11 is 5.58. The fraction of sp³-hybridized carbons (Fsp3) is 0.200. The smallest absolute Gasteiger partial charge is 0.131 e. The van der Waals surface area contributed by atoms with Crippen LogP contribution in [0.3, 0.4) is 0 Å². The van der Waals surface area contributed by atoms with Crippen molar-refractivity contribution in [3.05, 3.63) is 67.2 Å². The molecular formula is C15H13BrF2IN. The molecule has 0 fully saturated rings. The molecule has 1 nitrogen and oxygen atoms in total. The van der Waals surface area contributed by atoms with E-state index in [0.717, 1.165) is 13.6 Å². The van der Waals surface area contributed by atoms with Crippen LogP contribution in [0.5, 0.6) is 0 Å². The molecule has 2 aromatic carbocycles. The number of halogens is 4. The van der Waals surface area contributed by atoms with Crippen molar-refractivity contribution in [3.63, 3.8) is 0 Å². The van der Waals surface area contributed by atoms with Crippen molar-refractivity contribution in [1.82, 2.24) is 5.32 Å². The summed E-state index contributed by atoms with van der Waals surface area (Å²) in [5.41, 5.74) is 0.913. The highest BCUT2D eigenvalue weighted by molar-refractivity contribution is 14.1. The lowest BCUT2D eigenvalue weighted by atomic mass is 9.97. The van der Waals surface area contributed by atoms with Gasteiger partial charge < -0.3 is 5.32 Å². The quantitative estimate of drug-likeness (QED) is 0.643. The number of hydrogen-bond acceptors (Lipinski definition) is 1. The summed E-state index contributed by atoms with van der Waals surface area (Å²) in [7, 11) is 0. The van der Waals surface area contributed by atoms with Gasteiger partial charge in [0.1, 0.15) is 11.6 Å². The van der Waals surface area contributed by atoms with E-state index in [1.54, 1.807) is 0 Å². The molecule has 1 unspecified atom stereocenters. The third kappa shape index (κ3) is 3.38. The average molecular weight is 452 g/mol. The van der Waals surface area contributed by atoms with Gasteiger partial charge in [-0.3, -0.25) is 0 Å². The SMILES string of the molecule is CCNC(c1cc(Br)ccc1I)c1c(F)cccc1F. The molecule has 2 rings (SSSR count). The maximum Gasteiger partial charge on any atom is 0.131 e. The van der Waals surface area contributed by atoms with Crippen LogP contribution in [0.1, 0.15) is 24.1 Å². The van der Waals surface area contributed by atoms with Crippen LogP contribution in [0.4, 0.5) is 8.78 Å². The highest BCUT2D eigenvalue weighted by Crippen LogP contribution is 2.31. The zero-order chi connectivity index (χ0) is 14.7. The van der Waals surface area contributed by atoms with Crippen LogP contribution in [-0.4, -0.2) is 6.54 Å². The first-order valence-electron chi connectivity index (χ1n) is 6.16. The Kier molecular flexibility index (Phi) is 5.51. The van der Waals surface area contributed by atoms with Gasteiger partial charge in [0, 0.05) is 13.6 Å². The van der Waals surface area contributed by atoms with E-state index in [9.17, 15) is 8.78 Å². The molecule has 0 bridgehead atoms. The zero-order valence-electron chi connectivity index (χ0n) is 10.8. The summed E-state index contributed by atoms with van der Waals surface area (Å²) in [4.78, 5) is 0. The third-order valence-corrected chi connectivity index (χ3v) is 4.44. The Morgan fingerprint density at radius 1 is 1.20 bits per heavy atom. The van der Waals surface area contributed by atoms with Gasteiger partial charge in [0.15, 0.2) is 0 Å². The van der Waals surface area contributed by atoms with E-state index in [2.05, 4.69) is 43.8 Å². The van der Waals surface area contributed by atoms with Crippen molar-refractivity contribution in [2.24, 2.45) is 0 Å². The molecule has 0 heterocycles. The zero-order valence-corrected chi connectivity index (χ0v) is 14.5. The van der Waals surface area contributed by atoms with Crippen molar-refractivity contribution < 1.29 is 8.78 Å². The lowest BCUT2D eigenvalue weighted by Gasteiger charge is -2.21. The molecule has 0 radical (unpaired) electrons. The van der Waals surface area contributed by atoms with Crippen LogP contribution in [0.2, 0.25) is 0 Å². The minimum Gasteiger partial charge on any atom is -0.306 e. The molecule has 2 aromatic rings. The predicted octanol–water partition coefficient (Wildman–Crippen LogP) is 5.03. The monoisotopic (exact) mass is 451 g/mol. The number of benzene rings is 2. The molecule has 5 heteroatoms. The van der Waals surface area contributed by atoms with E-state index in [0.29, 0.717) is 6.54 Å². The van der Waals surface area contributed by atoms with Crippen LogP contribution in [-0.2, 0) is 0 Å². The lowest BCUT2D eigenvalue weighted by molar-refractivity contribution is 0.509. The van der Waals surface area contributed by atoms with E-state index in [-0.39, 0.29) is 5.56 Å². The largest absolute Gasteiger partial charge is 0.306 e. The molecule has 0 aliphatic carbocycles. The molecular weight excluding hydrogens is 439 g/mol. The Morgan fingerprint density at radius 2 is 1.85 bits per heavy atom. The van der Waals surface area contributed by atoms with E-state index >= 15 is 0 Å². The van der Waals surface area contributed by atoms with Crippen LogP contribution >= 0.6 is 38.5 Å². The van der Waals surface area contributed by atoms with Crippen molar-refractivity contribution in [2.75, 3.05) is 6.54 Å². The highest BCUT2D eigenvalue weighted by Gasteiger charge is 2.23. The first-order chi connectivity index (χ1) is 9.54. The molecule has 106 valence electrons. The summed E-state index contributed by atoms with van der Waals surface area (Å²) in [6.07, 6.45) is 0. The summed E-state index contributed by atoms with van der Waals surface area (Å²) in [6.45, 7) is 2.53. The number of rotatable bonds is 4. The van der Waals surface area contributed by atoms with Gasteiger partial charge in [0.25, 0.3) is 0 Å². The second-order valence-corrected chi connectivity index (χ2v) is 6.37. The number of nitrogens with one attached hydrogen (secondary N) is 1. The van der Waals surface area contributed by atoms with Crippen molar-refractivity contribution in [1.29, 1.82) is 0 Å². The fourth-order valence-electron chi connectivity index (χ4n) is 2.09. The normalized spacial score (nSPS) is 12.4. The lowest BCUT2D eigenvalue weighted by Crippen LogP contribution is -2.25. The molecule has 1 atom stereocenters. The Labute approximate surface area is 139 Å². The Morgan fingerprint density at radius 3 is 2.45 bits per heavy atom. The maximum atomic E-state index is 14.0. The predicted molar refractivity (Wildman–Crippen MR) is 88.7 cm³/mol. The van der Waals surface area contributed by atoms with Crippen LogP contribution < -0.4 is 5.32 Å². The Bertz CT molecular complexity index is 599. The van der Waals surface area contributed by atoms with E-state index < -0.39 is 17.7 Å². The maximum absolute atomic E-state index is 14.0. The van der Waals surface area contributed by atoms with Gasteiger partial charge in [-0.15, -0.1) is 0 Å². The van der Waals surface area contributed by atoms with Gasteiger partial charge in [0.05, 0.1) is 6.04 Å². The van der Waals surface area contributed by atoms with Gasteiger partial charge in [-0.1, -0.05) is 28.9 Å². The summed E-state index contributed by atoms with van der Waals surface area (Å²) in [6, 6.07) is 9.16. The minimum atomic E-state index is -0.535. The minimum absolute atomic E-state index is 0.0605. The van der Waals surface area contributed by atoms with Crippen molar-refractivity contribution in [3.8, 4) is 0 Å². The van der Waals surface area contributed by atoms with Gasteiger partial charge in [0.2, 0.25) is 0 Å². The second-order valence-electron chi connectivity index (χ2n) is 4.29. The average Bonchev–Trinajstić information content (AvgIpc) is 2.40. The first-order valence-corrected chi connectivity index (χ1v) is 8.04. The molecule has 0 saturated carbocycles. The second kappa shape index (κ2) is 6.95. The van der Waals surface area contributed by atoms with E-state index in [1.807, 2.05) is 25.1 Å². The molecule has 0 aliphatic rings. The van der Waals surface area contributed by atoms with Gasteiger partial charge in [-0.05, 0) is 65.0 Å². The highest BCUT2D eigenvalue weighted by atomic mass is 127. The fourth-order valence-corrected chi connectivity index (χ4v) is 3.12. The summed E-state index contributed by atoms with van der Waals surface area (Å²) in [5, 5.41) is 3.16. The molecule has 20 heavy (non-hydrogen) atoms. The van der Waals surface area contributed by atoms with Crippen LogP contribution in [0.25, 0.3) is 0 Å². The summed E-state index contributed by atoms with van der Waals surface area (Å²) in [5.74, 6) is -1.07. The molecule has 1 N–H and O–H groups in total. The van der Waals surface area contributed by atoms with E-state index in [4.69, 9.17) is 0 Å². The molecule has 0 aliphatic heterocycles. The standard InChI is InChI=1S/C15H13BrF2IN/c1-2-20-15(10-8-9(16)6-7-13(10)19)14-11(17)4-3-5-12(14)18/h3-8,15,20H,2H2,1H3. The number of hydrogen-bond donors (Lipinski definition) is 1. The van der Waals surface area contributed by atoms with Gasteiger partial charge >= 0.3 is 0 Å². The van der Waals surface area contributed by atoms with Gasteiger partial charge in [-0.2, -0.15) is 0 Å². The molecule has 0 aromatic heterocycles. The Balaban J connectivity index is 2.59. The molecule has 0 amide bonds. The topological polar surface area (TPSA) is 12.0 Å². The summed E-state index contributed by atoms with van der Waals surface area (Å²) < 4.78 is 29.9. The van der Waals surface area contributed by atoms with Crippen molar-refractivity contribution >= 4 is 38.5 Å². The van der Waals surface area contributed by atoms with Crippen molar-refractivity contribution in [2.45, 2.75) is 13.0 Å². The Hall–Kier alpha value is -0.530. The third-order valence-electron chi connectivity index (χ3n) is 2.97. The first kappa shape index (κ1) is 15.9. The molecule has 0 saturated heterocycles.